The molecule has 0 saturated heterocycles. The molecule has 4 aliphatic rings. The van der Waals surface area contributed by atoms with Gasteiger partial charge in [0.1, 0.15) is 0 Å². The number of aliphatic hydroxyl groups is 1. The summed E-state index contributed by atoms with van der Waals surface area (Å²) >= 11 is 0. The van der Waals surface area contributed by atoms with E-state index < -0.39 is 23.1 Å². The average molecular weight is 328 g/mol. The first-order chi connectivity index (χ1) is 11.5. The monoisotopic (exact) mass is 328 g/mol. The number of Topliss-reactive ketones (excluding diaryl/α,β-unsaturated/α-hetero) is 1. The van der Waals surface area contributed by atoms with Crippen LogP contribution in [0.5, 0.6) is 11.5 Å². The lowest BCUT2D eigenvalue weighted by Crippen LogP contribution is -2.69. The Morgan fingerprint density at radius 1 is 1.38 bits per heavy atom. The van der Waals surface area contributed by atoms with Crippen LogP contribution in [0.4, 0.5) is 0 Å². The van der Waals surface area contributed by atoms with Crippen LogP contribution in [0.1, 0.15) is 50.2 Å². The van der Waals surface area contributed by atoms with Crippen molar-refractivity contribution in [3.8, 4) is 11.5 Å². The summed E-state index contributed by atoms with van der Waals surface area (Å²) < 4.78 is 11.4. The molecular weight excluding hydrogens is 308 g/mol. The molecule has 1 spiro atoms. The molecule has 2 bridgehead atoms. The second-order valence-corrected chi connectivity index (χ2v) is 7.67. The van der Waals surface area contributed by atoms with Gasteiger partial charge in [-0.25, -0.2) is 0 Å². The highest BCUT2D eigenvalue weighted by Gasteiger charge is 2.71. The molecule has 0 amide bonds. The number of carbonyl (C=O) groups is 2. The standard InChI is InChI=1S/C19H20O5/c1-10(20)23-14-5-4-11-9-12-3-2-7-18-15(11)16(14)24-17(18)13(21)6-8-19(12,18)22/h4-5,12,17,22H,2-3,6-9H2,1H3/t12-,17+,18+,19-/m1/s1. The van der Waals surface area contributed by atoms with Crippen LogP contribution in [0, 0.1) is 5.92 Å². The van der Waals surface area contributed by atoms with Gasteiger partial charge < -0.3 is 14.6 Å². The maximum atomic E-state index is 12.7. The number of benzene rings is 1. The second kappa shape index (κ2) is 4.39. The molecule has 5 rings (SSSR count). The lowest BCUT2D eigenvalue weighted by Gasteiger charge is -2.59. The van der Waals surface area contributed by atoms with E-state index in [0.29, 0.717) is 24.3 Å². The van der Waals surface area contributed by atoms with Crippen LogP contribution < -0.4 is 9.47 Å². The predicted octanol–water partition coefficient (Wildman–Crippen LogP) is 2.06. The molecule has 2 saturated carbocycles. The van der Waals surface area contributed by atoms with E-state index in [1.807, 2.05) is 6.07 Å². The lowest BCUT2D eigenvalue weighted by atomic mass is 9.46. The van der Waals surface area contributed by atoms with E-state index in [1.54, 1.807) is 6.07 Å². The van der Waals surface area contributed by atoms with E-state index in [9.17, 15) is 14.7 Å². The second-order valence-electron chi connectivity index (χ2n) is 7.67. The minimum Gasteiger partial charge on any atom is -0.477 e. The van der Waals surface area contributed by atoms with Crippen LogP contribution in [-0.2, 0) is 21.4 Å². The van der Waals surface area contributed by atoms with Crippen molar-refractivity contribution in [1.82, 2.24) is 0 Å². The number of ether oxygens (including phenoxy) is 2. The Hall–Kier alpha value is -1.88. The van der Waals surface area contributed by atoms with Crippen molar-refractivity contribution >= 4 is 11.8 Å². The third-order valence-corrected chi connectivity index (χ3v) is 6.67. The van der Waals surface area contributed by atoms with Gasteiger partial charge in [-0.2, -0.15) is 0 Å². The van der Waals surface area contributed by atoms with Crippen molar-refractivity contribution < 1.29 is 24.2 Å². The van der Waals surface area contributed by atoms with E-state index in [0.717, 1.165) is 36.8 Å². The largest absolute Gasteiger partial charge is 0.477 e. The predicted molar refractivity (Wildman–Crippen MR) is 84.1 cm³/mol. The zero-order chi connectivity index (χ0) is 16.7. The zero-order valence-electron chi connectivity index (χ0n) is 13.6. The average Bonchev–Trinajstić information content (AvgIpc) is 2.87. The molecule has 1 aliphatic heterocycles. The Morgan fingerprint density at radius 3 is 3.00 bits per heavy atom. The van der Waals surface area contributed by atoms with Gasteiger partial charge in [-0.3, -0.25) is 9.59 Å². The molecule has 24 heavy (non-hydrogen) atoms. The topological polar surface area (TPSA) is 72.8 Å². The normalized spacial score (nSPS) is 38.3. The van der Waals surface area contributed by atoms with Crippen molar-refractivity contribution in [3.63, 3.8) is 0 Å². The molecule has 126 valence electrons. The van der Waals surface area contributed by atoms with E-state index in [2.05, 4.69) is 0 Å². The highest BCUT2D eigenvalue weighted by atomic mass is 16.6. The van der Waals surface area contributed by atoms with Crippen LogP contribution >= 0.6 is 0 Å². The Balaban J connectivity index is 1.80. The molecule has 0 unspecified atom stereocenters. The van der Waals surface area contributed by atoms with Gasteiger partial charge in [0, 0.05) is 18.9 Å². The summed E-state index contributed by atoms with van der Waals surface area (Å²) in [6.45, 7) is 1.35. The summed E-state index contributed by atoms with van der Waals surface area (Å²) in [5.74, 6) is 0.675. The summed E-state index contributed by atoms with van der Waals surface area (Å²) in [7, 11) is 0. The maximum absolute atomic E-state index is 12.7. The molecule has 4 atom stereocenters. The summed E-state index contributed by atoms with van der Waals surface area (Å²) in [4.78, 5) is 24.1. The van der Waals surface area contributed by atoms with E-state index in [1.165, 1.54) is 6.92 Å². The van der Waals surface area contributed by atoms with Gasteiger partial charge in [0.2, 0.25) is 0 Å². The van der Waals surface area contributed by atoms with Gasteiger partial charge in [-0.1, -0.05) is 12.5 Å². The quantitative estimate of drug-likeness (QED) is 0.631. The summed E-state index contributed by atoms with van der Waals surface area (Å²) in [6.07, 6.45) is 3.73. The molecule has 5 nitrogen and oxygen atoms in total. The number of hydrogen-bond acceptors (Lipinski definition) is 5. The molecule has 2 fully saturated rings. The Labute approximate surface area is 139 Å². The van der Waals surface area contributed by atoms with Gasteiger partial charge in [-0.05, 0) is 43.2 Å². The van der Waals surface area contributed by atoms with Crippen molar-refractivity contribution in [2.75, 3.05) is 0 Å². The third-order valence-electron chi connectivity index (χ3n) is 6.67. The summed E-state index contributed by atoms with van der Waals surface area (Å²) in [6, 6.07) is 3.73. The van der Waals surface area contributed by atoms with Crippen LogP contribution in [0.3, 0.4) is 0 Å². The molecule has 1 N–H and O–H groups in total. The number of hydrogen-bond donors (Lipinski definition) is 1. The molecular formula is C19H20O5. The molecule has 1 aromatic rings. The van der Waals surface area contributed by atoms with Gasteiger partial charge in [0.05, 0.1) is 11.0 Å². The minimum absolute atomic E-state index is 0.0538. The fourth-order valence-corrected chi connectivity index (χ4v) is 5.86. The molecule has 3 aliphatic carbocycles. The van der Waals surface area contributed by atoms with Gasteiger partial charge >= 0.3 is 5.97 Å². The molecule has 1 aromatic carbocycles. The Morgan fingerprint density at radius 2 is 2.21 bits per heavy atom. The van der Waals surface area contributed by atoms with E-state index in [-0.39, 0.29) is 11.7 Å². The third kappa shape index (κ3) is 1.45. The van der Waals surface area contributed by atoms with Crippen molar-refractivity contribution in [1.29, 1.82) is 0 Å². The number of rotatable bonds is 1. The summed E-state index contributed by atoms with van der Waals surface area (Å²) in [5.41, 5.74) is 0.506. The van der Waals surface area contributed by atoms with Crippen LogP contribution in [0.2, 0.25) is 0 Å². The number of esters is 1. The molecule has 0 aromatic heterocycles. The molecule has 0 radical (unpaired) electrons. The SMILES string of the molecule is CC(=O)Oc1ccc2c3c1O[C@H]1C(=O)CC[C@@]4(O)[C@H](CCC[C@]314)C2. The van der Waals surface area contributed by atoms with Crippen LogP contribution in [0.25, 0.3) is 0 Å². The minimum atomic E-state index is -0.892. The molecule has 1 heterocycles. The van der Waals surface area contributed by atoms with Gasteiger partial charge in [0.25, 0.3) is 0 Å². The Bertz CT molecular complexity index is 784. The number of carbonyl (C=O) groups excluding carboxylic acids is 2. The number of ketones is 1. The van der Waals surface area contributed by atoms with E-state index >= 15 is 0 Å². The van der Waals surface area contributed by atoms with Crippen LogP contribution in [-0.4, -0.2) is 28.6 Å². The fourth-order valence-electron chi connectivity index (χ4n) is 5.86. The van der Waals surface area contributed by atoms with Gasteiger partial charge in [-0.15, -0.1) is 0 Å². The Kier molecular flexibility index (Phi) is 2.65. The lowest BCUT2D eigenvalue weighted by molar-refractivity contribution is -0.177. The maximum Gasteiger partial charge on any atom is 0.308 e. The van der Waals surface area contributed by atoms with Crippen molar-refractivity contribution in [2.45, 2.75) is 62.6 Å². The molecule has 5 heteroatoms. The summed E-state index contributed by atoms with van der Waals surface area (Å²) in [5, 5.41) is 11.7. The van der Waals surface area contributed by atoms with E-state index in [4.69, 9.17) is 9.47 Å². The zero-order valence-corrected chi connectivity index (χ0v) is 13.6. The van der Waals surface area contributed by atoms with Crippen molar-refractivity contribution in [3.05, 3.63) is 23.3 Å². The highest BCUT2D eigenvalue weighted by Crippen LogP contribution is 2.66. The first kappa shape index (κ1) is 14.5. The van der Waals surface area contributed by atoms with Crippen LogP contribution in [0.15, 0.2) is 12.1 Å². The highest BCUT2D eigenvalue weighted by molar-refractivity contribution is 5.90. The van der Waals surface area contributed by atoms with Crippen molar-refractivity contribution in [2.24, 2.45) is 5.92 Å². The first-order valence-corrected chi connectivity index (χ1v) is 8.74. The fraction of sp³-hybridized carbons (Fsp3) is 0.579. The smallest absolute Gasteiger partial charge is 0.308 e. The first-order valence-electron chi connectivity index (χ1n) is 8.74. The van der Waals surface area contributed by atoms with Gasteiger partial charge in [0.15, 0.2) is 23.4 Å².